The molecule has 1 aromatic carbocycles. The van der Waals surface area contributed by atoms with Crippen LogP contribution in [0.4, 0.5) is 9.18 Å². The van der Waals surface area contributed by atoms with Crippen molar-refractivity contribution >= 4 is 17.6 Å². The zero-order chi connectivity index (χ0) is 16.2. The normalized spacial score (nSPS) is 18.0. The summed E-state index contributed by atoms with van der Waals surface area (Å²) in [5.74, 6) is 0.216. The van der Waals surface area contributed by atoms with Crippen molar-refractivity contribution in [2.45, 2.75) is 12.6 Å². The van der Waals surface area contributed by atoms with Gasteiger partial charge in [-0.2, -0.15) is 0 Å². The van der Waals surface area contributed by atoms with Gasteiger partial charge < -0.3 is 19.4 Å². The first-order valence-corrected chi connectivity index (χ1v) is 7.63. The van der Waals surface area contributed by atoms with E-state index in [1.54, 1.807) is 29.4 Å². The molecule has 23 heavy (non-hydrogen) atoms. The number of hydrogen-bond donors (Lipinski definition) is 1. The summed E-state index contributed by atoms with van der Waals surface area (Å²) >= 11 is 5.80. The highest BCUT2D eigenvalue weighted by Crippen LogP contribution is 2.26. The lowest BCUT2D eigenvalue weighted by Gasteiger charge is -2.33. The van der Waals surface area contributed by atoms with Crippen LogP contribution >= 0.6 is 11.6 Å². The summed E-state index contributed by atoms with van der Waals surface area (Å²) in [6, 6.07) is 7.83. The van der Waals surface area contributed by atoms with Crippen LogP contribution in [0.2, 0.25) is 5.02 Å². The topological polar surface area (TPSA) is 54.7 Å². The molecule has 1 aliphatic rings. The third kappa shape index (κ3) is 3.83. The second kappa shape index (κ2) is 7.02. The molecule has 1 N–H and O–H groups in total. The Balaban J connectivity index is 1.60. The van der Waals surface area contributed by atoms with Crippen molar-refractivity contribution in [2.24, 2.45) is 0 Å². The zero-order valence-electron chi connectivity index (χ0n) is 12.3. The maximum atomic E-state index is 13.2. The second-order valence-electron chi connectivity index (χ2n) is 5.22. The molecule has 0 saturated carbocycles. The molecule has 0 unspecified atom stereocenters. The quantitative estimate of drug-likeness (QED) is 0.933. The Morgan fingerprint density at radius 1 is 1.43 bits per heavy atom. The van der Waals surface area contributed by atoms with Gasteiger partial charge >= 0.3 is 6.03 Å². The maximum absolute atomic E-state index is 13.2. The Bertz CT molecular complexity index is 678. The minimum atomic E-state index is -0.473. The van der Waals surface area contributed by atoms with Crippen LogP contribution in [0.5, 0.6) is 0 Å². The Morgan fingerprint density at radius 2 is 2.30 bits per heavy atom. The fourth-order valence-electron chi connectivity index (χ4n) is 2.44. The zero-order valence-corrected chi connectivity index (χ0v) is 13.1. The minimum absolute atomic E-state index is 0.0468. The number of nitrogens with zero attached hydrogens (tertiary/aromatic N) is 1. The van der Waals surface area contributed by atoms with Crippen molar-refractivity contribution in [3.8, 4) is 0 Å². The van der Waals surface area contributed by atoms with E-state index in [4.69, 9.17) is 20.8 Å². The van der Waals surface area contributed by atoms with Crippen LogP contribution in [0, 0.1) is 5.82 Å². The molecular weight excluding hydrogens is 323 g/mol. The van der Waals surface area contributed by atoms with E-state index in [9.17, 15) is 9.18 Å². The molecule has 2 heterocycles. The van der Waals surface area contributed by atoms with Gasteiger partial charge in [0.15, 0.2) is 0 Å². The molecule has 2 amide bonds. The van der Waals surface area contributed by atoms with Crippen molar-refractivity contribution in [1.29, 1.82) is 0 Å². The van der Waals surface area contributed by atoms with E-state index >= 15 is 0 Å². The van der Waals surface area contributed by atoms with Gasteiger partial charge in [0, 0.05) is 6.54 Å². The number of hydrogen-bond acceptors (Lipinski definition) is 3. The molecule has 1 aromatic heterocycles. The molecular formula is C16H16ClFN2O3. The Kier molecular flexibility index (Phi) is 4.83. The number of carbonyl (C=O) groups excluding carboxylic acids is 1. The lowest BCUT2D eigenvalue weighted by Crippen LogP contribution is -2.46. The Hall–Kier alpha value is -2.05. The Morgan fingerprint density at radius 3 is 3.04 bits per heavy atom. The molecule has 0 aliphatic carbocycles. The maximum Gasteiger partial charge on any atom is 0.317 e. The summed E-state index contributed by atoms with van der Waals surface area (Å²) in [5.41, 5.74) is 0.750. The van der Waals surface area contributed by atoms with Gasteiger partial charge in [-0.25, -0.2) is 9.18 Å². The van der Waals surface area contributed by atoms with Crippen LogP contribution in [0.25, 0.3) is 0 Å². The molecule has 1 saturated heterocycles. The summed E-state index contributed by atoms with van der Waals surface area (Å²) in [5, 5.41) is 2.85. The van der Waals surface area contributed by atoms with Crippen molar-refractivity contribution in [2.75, 3.05) is 19.7 Å². The number of carbonyl (C=O) groups is 1. The number of nitrogens with one attached hydrogen (secondary N) is 1. The molecule has 2 aromatic rings. The molecule has 1 aliphatic heterocycles. The first-order valence-electron chi connectivity index (χ1n) is 7.25. The van der Waals surface area contributed by atoms with Gasteiger partial charge in [-0.05, 0) is 29.8 Å². The van der Waals surface area contributed by atoms with Crippen LogP contribution in [0.1, 0.15) is 17.4 Å². The first-order chi connectivity index (χ1) is 11.1. The van der Waals surface area contributed by atoms with Gasteiger partial charge in [-0.15, -0.1) is 0 Å². The Labute approximate surface area is 138 Å². The smallest absolute Gasteiger partial charge is 0.317 e. The molecule has 0 spiro atoms. The van der Waals surface area contributed by atoms with E-state index in [1.807, 2.05) is 0 Å². The van der Waals surface area contributed by atoms with E-state index in [2.05, 4.69) is 5.32 Å². The van der Waals surface area contributed by atoms with Crippen molar-refractivity contribution in [3.05, 3.63) is 58.8 Å². The number of halogens is 2. The van der Waals surface area contributed by atoms with Crippen LogP contribution in [0.3, 0.4) is 0 Å². The molecule has 122 valence electrons. The SMILES string of the molecule is O=C(NCc1ccco1)N1CCO[C@@H](c2ccc(F)c(Cl)c2)C1. The average molecular weight is 339 g/mol. The summed E-state index contributed by atoms with van der Waals surface area (Å²) in [7, 11) is 0. The molecule has 3 rings (SSSR count). The van der Waals surface area contributed by atoms with Gasteiger partial charge in [0.25, 0.3) is 0 Å². The summed E-state index contributed by atoms with van der Waals surface area (Å²) < 4.78 is 24.1. The highest BCUT2D eigenvalue weighted by Gasteiger charge is 2.25. The number of urea groups is 1. The number of rotatable bonds is 3. The third-order valence-electron chi connectivity index (χ3n) is 3.66. The van der Waals surface area contributed by atoms with Crippen LogP contribution in [0.15, 0.2) is 41.0 Å². The number of morpholine rings is 1. The molecule has 1 atom stereocenters. The summed E-state index contributed by atoms with van der Waals surface area (Å²) in [6.45, 7) is 1.62. The number of ether oxygens (including phenoxy) is 1. The largest absolute Gasteiger partial charge is 0.467 e. The van der Waals surface area contributed by atoms with Gasteiger partial charge in [0.1, 0.15) is 17.7 Å². The van der Waals surface area contributed by atoms with E-state index in [-0.39, 0.29) is 17.2 Å². The predicted octanol–water partition coefficient (Wildman–Crippen LogP) is 3.36. The third-order valence-corrected chi connectivity index (χ3v) is 3.95. The van der Waals surface area contributed by atoms with Crippen LogP contribution < -0.4 is 5.32 Å². The summed E-state index contributed by atoms with van der Waals surface area (Å²) in [6.07, 6.45) is 1.24. The number of benzene rings is 1. The fraction of sp³-hybridized carbons (Fsp3) is 0.312. The minimum Gasteiger partial charge on any atom is -0.467 e. The van der Waals surface area contributed by atoms with Crippen LogP contribution in [-0.2, 0) is 11.3 Å². The van der Waals surface area contributed by atoms with Crippen LogP contribution in [-0.4, -0.2) is 30.6 Å². The second-order valence-corrected chi connectivity index (χ2v) is 5.62. The highest BCUT2D eigenvalue weighted by molar-refractivity contribution is 6.30. The molecule has 7 heteroatoms. The van der Waals surface area contributed by atoms with Gasteiger partial charge in [0.05, 0.1) is 31.0 Å². The van der Waals surface area contributed by atoms with E-state index in [1.165, 1.54) is 12.1 Å². The number of furan rings is 1. The van der Waals surface area contributed by atoms with Gasteiger partial charge in [-0.3, -0.25) is 0 Å². The lowest BCUT2D eigenvalue weighted by atomic mass is 10.1. The predicted molar refractivity (Wildman–Crippen MR) is 82.6 cm³/mol. The highest BCUT2D eigenvalue weighted by atomic mass is 35.5. The molecule has 0 radical (unpaired) electrons. The van der Waals surface area contributed by atoms with Gasteiger partial charge in [-0.1, -0.05) is 17.7 Å². The first kappa shape index (κ1) is 15.8. The average Bonchev–Trinajstić information content (AvgIpc) is 3.09. The summed E-state index contributed by atoms with van der Waals surface area (Å²) in [4.78, 5) is 13.9. The van der Waals surface area contributed by atoms with E-state index < -0.39 is 5.82 Å². The van der Waals surface area contributed by atoms with Crippen molar-refractivity contribution < 1.29 is 18.3 Å². The fourth-order valence-corrected chi connectivity index (χ4v) is 2.62. The molecule has 1 fully saturated rings. The van der Waals surface area contributed by atoms with Gasteiger partial charge in [0.2, 0.25) is 0 Å². The lowest BCUT2D eigenvalue weighted by molar-refractivity contribution is -0.0155. The van der Waals surface area contributed by atoms with E-state index in [0.717, 1.165) is 5.56 Å². The molecule has 5 nitrogen and oxygen atoms in total. The standard InChI is InChI=1S/C16H16ClFN2O3/c17-13-8-11(3-4-14(13)18)15-10-20(5-7-23-15)16(21)19-9-12-2-1-6-22-12/h1-4,6,8,15H,5,7,9-10H2,(H,19,21)/t15-/m1/s1. The number of amides is 2. The monoisotopic (exact) mass is 338 g/mol. The van der Waals surface area contributed by atoms with E-state index in [0.29, 0.717) is 32.0 Å². The van der Waals surface area contributed by atoms with Crippen molar-refractivity contribution in [1.82, 2.24) is 10.2 Å². The van der Waals surface area contributed by atoms with Crippen molar-refractivity contribution in [3.63, 3.8) is 0 Å². The molecule has 0 bridgehead atoms.